The maximum Gasteiger partial charge on any atom is 0.160 e. The first-order valence-corrected chi connectivity index (χ1v) is 19.7. The lowest BCUT2D eigenvalue weighted by Crippen LogP contribution is -1.97. The summed E-state index contributed by atoms with van der Waals surface area (Å²) in [5, 5.41) is 8.30. The Morgan fingerprint density at radius 3 is 1.60 bits per heavy atom. The van der Waals surface area contributed by atoms with Gasteiger partial charge in [-0.3, -0.25) is 0 Å². The molecular formula is C54H34N4. The topological polar surface area (TPSA) is 35.6 Å². The van der Waals surface area contributed by atoms with Crippen molar-refractivity contribution in [2.45, 2.75) is 0 Å². The predicted octanol–water partition coefficient (Wildman–Crippen LogP) is 14.0. The summed E-state index contributed by atoms with van der Waals surface area (Å²) >= 11 is 0. The fourth-order valence-electron chi connectivity index (χ4n) is 9.00. The molecule has 0 aliphatic carbocycles. The highest BCUT2D eigenvalue weighted by Crippen LogP contribution is 2.39. The van der Waals surface area contributed by atoms with E-state index in [-0.39, 0.29) is 0 Å². The Balaban J connectivity index is 0.984. The first kappa shape index (κ1) is 32.4. The molecule has 0 aliphatic heterocycles. The van der Waals surface area contributed by atoms with Gasteiger partial charge in [0, 0.05) is 54.8 Å². The Morgan fingerprint density at radius 2 is 0.828 bits per heavy atom. The molecule has 0 fully saturated rings. The lowest BCUT2D eigenvalue weighted by atomic mass is 10.0. The number of nitrogens with zero attached hydrogens (tertiary/aromatic N) is 4. The molecule has 9 aromatic carbocycles. The molecule has 0 aliphatic rings. The van der Waals surface area contributed by atoms with Crippen LogP contribution in [0.3, 0.4) is 0 Å². The van der Waals surface area contributed by atoms with E-state index in [4.69, 9.17) is 9.97 Å². The van der Waals surface area contributed by atoms with Gasteiger partial charge in [-0.1, -0.05) is 133 Å². The monoisotopic (exact) mass is 738 g/mol. The molecule has 0 unspecified atom stereocenters. The van der Waals surface area contributed by atoms with Gasteiger partial charge in [-0.15, -0.1) is 0 Å². The Labute approximate surface area is 334 Å². The maximum atomic E-state index is 5.22. The van der Waals surface area contributed by atoms with Crippen molar-refractivity contribution in [2.75, 3.05) is 0 Å². The van der Waals surface area contributed by atoms with Gasteiger partial charge < -0.3 is 9.13 Å². The lowest BCUT2D eigenvalue weighted by molar-refractivity contribution is 1.17. The van der Waals surface area contributed by atoms with Crippen LogP contribution in [0.4, 0.5) is 0 Å². The SMILES string of the molecule is c1ccc(-c2nc(-c3ccc(-n4c5ccccc5c5cc(-c6ccc7c8ccccc8n(-c8ccccc8)c7c6)ccc54)cc3)nc3c2ccc2ccccc23)cc1. The smallest absolute Gasteiger partial charge is 0.160 e. The highest BCUT2D eigenvalue weighted by molar-refractivity contribution is 6.13. The number of aromatic nitrogens is 4. The number of hydrogen-bond donors (Lipinski definition) is 0. The average Bonchev–Trinajstić information content (AvgIpc) is 3.81. The Morgan fingerprint density at radius 1 is 0.293 bits per heavy atom. The van der Waals surface area contributed by atoms with Gasteiger partial charge in [0.2, 0.25) is 0 Å². The molecule has 0 spiro atoms. The lowest BCUT2D eigenvalue weighted by Gasteiger charge is -2.13. The molecule has 0 atom stereocenters. The summed E-state index contributed by atoms with van der Waals surface area (Å²) in [4.78, 5) is 10.4. The molecule has 12 aromatic rings. The van der Waals surface area contributed by atoms with Gasteiger partial charge in [0.25, 0.3) is 0 Å². The summed E-state index contributed by atoms with van der Waals surface area (Å²) < 4.78 is 4.76. The van der Waals surface area contributed by atoms with E-state index in [2.05, 4.69) is 209 Å². The van der Waals surface area contributed by atoms with Crippen LogP contribution in [0.15, 0.2) is 206 Å². The second kappa shape index (κ2) is 12.9. The van der Waals surface area contributed by atoms with Crippen molar-refractivity contribution in [3.05, 3.63) is 206 Å². The predicted molar refractivity (Wildman–Crippen MR) is 242 cm³/mol. The number of benzene rings is 9. The fraction of sp³-hybridized carbons (Fsp3) is 0. The first-order valence-electron chi connectivity index (χ1n) is 19.7. The van der Waals surface area contributed by atoms with Crippen molar-refractivity contribution < 1.29 is 0 Å². The fourth-order valence-corrected chi connectivity index (χ4v) is 9.00. The second-order valence-electron chi connectivity index (χ2n) is 15.0. The van der Waals surface area contributed by atoms with E-state index >= 15 is 0 Å². The molecular weight excluding hydrogens is 705 g/mol. The summed E-state index contributed by atoms with van der Waals surface area (Å²) in [5.41, 5.74) is 13.3. The zero-order valence-electron chi connectivity index (χ0n) is 31.4. The standard InChI is InChI=1S/C54H34N4/c1-3-14-36(15-4-1)52-46-31-25-35-13-7-8-18-42(35)53(46)56-54(55-52)37-23-28-41(29-24-37)57-49-22-12-10-20-44(49)47-33-38(27-32-50(47)57)39-26-30-45-43-19-9-11-21-48(43)58(51(45)34-39)40-16-5-2-6-17-40/h1-34H. The Bertz CT molecular complexity index is 3540. The quantitative estimate of drug-likeness (QED) is 0.165. The van der Waals surface area contributed by atoms with E-state index in [1.807, 2.05) is 6.07 Å². The summed E-state index contributed by atoms with van der Waals surface area (Å²) in [6.07, 6.45) is 0. The van der Waals surface area contributed by atoms with Crippen molar-refractivity contribution in [1.82, 2.24) is 19.1 Å². The van der Waals surface area contributed by atoms with Crippen molar-refractivity contribution in [1.29, 1.82) is 0 Å². The minimum atomic E-state index is 0.712. The van der Waals surface area contributed by atoms with Gasteiger partial charge in [-0.2, -0.15) is 0 Å². The minimum Gasteiger partial charge on any atom is -0.309 e. The van der Waals surface area contributed by atoms with E-state index in [0.717, 1.165) is 50.0 Å². The number of hydrogen-bond acceptors (Lipinski definition) is 2. The highest BCUT2D eigenvalue weighted by atomic mass is 15.0. The molecule has 3 aromatic heterocycles. The van der Waals surface area contributed by atoms with Crippen LogP contribution >= 0.6 is 0 Å². The minimum absolute atomic E-state index is 0.712. The van der Waals surface area contributed by atoms with E-state index in [1.165, 1.54) is 54.6 Å². The summed E-state index contributed by atoms with van der Waals surface area (Å²) in [6.45, 7) is 0. The van der Waals surface area contributed by atoms with E-state index in [1.54, 1.807) is 0 Å². The summed E-state index contributed by atoms with van der Waals surface area (Å²) in [5.74, 6) is 0.712. The van der Waals surface area contributed by atoms with E-state index in [0.29, 0.717) is 5.82 Å². The molecule has 0 N–H and O–H groups in total. The Kier molecular flexibility index (Phi) is 7.20. The third kappa shape index (κ3) is 5.02. The van der Waals surface area contributed by atoms with Gasteiger partial charge in [0.1, 0.15) is 0 Å². The third-order valence-corrected chi connectivity index (χ3v) is 11.7. The summed E-state index contributed by atoms with van der Waals surface area (Å²) in [7, 11) is 0. The second-order valence-corrected chi connectivity index (χ2v) is 15.0. The first-order chi connectivity index (χ1) is 28.8. The number of para-hydroxylation sites is 3. The van der Waals surface area contributed by atoms with Crippen LogP contribution < -0.4 is 0 Å². The van der Waals surface area contributed by atoms with Crippen LogP contribution in [0, 0.1) is 0 Å². The number of fused-ring (bicyclic) bond motifs is 9. The van der Waals surface area contributed by atoms with Gasteiger partial charge >= 0.3 is 0 Å². The van der Waals surface area contributed by atoms with Gasteiger partial charge in [0.15, 0.2) is 5.82 Å². The van der Waals surface area contributed by atoms with Crippen LogP contribution in [-0.4, -0.2) is 19.1 Å². The molecule has 0 radical (unpaired) electrons. The summed E-state index contributed by atoms with van der Waals surface area (Å²) in [6, 6.07) is 73.8. The average molecular weight is 739 g/mol. The third-order valence-electron chi connectivity index (χ3n) is 11.7. The van der Waals surface area contributed by atoms with Gasteiger partial charge in [0.05, 0.1) is 33.3 Å². The van der Waals surface area contributed by atoms with Crippen LogP contribution in [0.1, 0.15) is 0 Å². The van der Waals surface area contributed by atoms with Crippen molar-refractivity contribution in [3.63, 3.8) is 0 Å². The molecule has 0 saturated carbocycles. The van der Waals surface area contributed by atoms with Gasteiger partial charge in [-0.25, -0.2) is 9.97 Å². The molecule has 12 rings (SSSR count). The van der Waals surface area contributed by atoms with E-state index in [9.17, 15) is 0 Å². The molecule has 270 valence electrons. The molecule has 4 heteroatoms. The maximum absolute atomic E-state index is 5.22. The molecule has 3 heterocycles. The van der Waals surface area contributed by atoms with Crippen LogP contribution in [0.25, 0.3) is 110 Å². The zero-order chi connectivity index (χ0) is 38.2. The molecule has 0 amide bonds. The van der Waals surface area contributed by atoms with Crippen molar-refractivity contribution >= 4 is 65.3 Å². The van der Waals surface area contributed by atoms with Crippen LogP contribution in [0.2, 0.25) is 0 Å². The van der Waals surface area contributed by atoms with Crippen molar-refractivity contribution in [2.24, 2.45) is 0 Å². The molecule has 58 heavy (non-hydrogen) atoms. The van der Waals surface area contributed by atoms with Crippen molar-refractivity contribution in [3.8, 4) is 45.1 Å². The molecule has 4 nitrogen and oxygen atoms in total. The van der Waals surface area contributed by atoms with Crippen LogP contribution in [0.5, 0.6) is 0 Å². The zero-order valence-corrected chi connectivity index (χ0v) is 31.4. The normalized spacial score (nSPS) is 11.8. The molecule has 0 bridgehead atoms. The number of rotatable bonds is 5. The Hall–Kier alpha value is -7.82. The molecule has 0 saturated heterocycles. The van der Waals surface area contributed by atoms with Crippen LogP contribution in [-0.2, 0) is 0 Å². The largest absolute Gasteiger partial charge is 0.309 e. The van der Waals surface area contributed by atoms with Gasteiger partial charge in [-0.05, 0) is 89.3 Å². The van der Waals surface area contributed by atoms with E-state index < -0.39 is 0 Å². The highest BCUT2D eigenvalue weighted by Gasteiger charge is 2.18.